The number of nitrogens with one attached hydrogen (secondary N) is 2. The Balaban J connectivity index is 2.06. The number of amides is 1. The molecule has 6 heteroatoms. The second-order valence-corrected chi connectivity index (χ2v) is 6.74. The van der Waals surface area contributed by atoms with Crippen molar-refractivity contribution in [1.82, 2.24) is 5.32 Å². The molecule has 0 bridgehead atoms. The van der Waals surface area contributed by atoms with Crippen LogP contribution >= 0.6 is 11.8 Å². The maximum atomic E-state index is 13.0. The highest BCUT2D eigenvalue weighted by Crippen LogP contribution is 2.40. The van der Waals surface area contributed by atoms with Gasteiger partial charge >= 0.3 is 0 Å². The fourth-order valence-electron chi connectivity index (χ4n) is 2.99. The normalized spacial score (nSPS) is 16.9. The molecule has 2 aromatic rings. The Morgan fingerprint density at radius 1 is 1.23 bits per heavy atom. The average Bonchev–Trinajstić information content (AvgIpc) is 3.07. The van der Waals surface area contributed by atoms with E-state index in [-0.39, 0.29) is 5.91 Å². The fourth-order valence-corrected chi connectivity index (χ4v) is 3.63. The fraction of sp³-hybridized carbons (Fsp3) is 0.200. The van der Waals surface area contributed by atoms with Crippen LogP contribution in [0.3, 0.4) is 0 Å². The minimum atomic E-state index is -0.541. The van der Waals surface area contributed by atoms with Crippen LogP contribution in [0, 0.1) is 18.3 Å². The van der Waals surface area contributed by atoms with E-state index in [0.717, 1.165) is 10.8 Å². The molecule has 0 fully saturated rings. The van der Waals surface area contributed by atoms with Gasteiger partial charge in [-0.2, -0.15) is 5.26 Å². The first kappa shape index (κ1) is 17.9. The van der Waals surface area contributed by atoms with E-state index in [1.807, 2.05) is 62.6 Å². The van der Waals surface area contributed by atoms with Gasteiger partial charge in [0.1, 0.15) is 11.5 Å². The molecule has 1 aromatic carbocycles. The number of rotatable bonds is 4. The molecule has 0 radical (unpaired) electrons. The number of nitriles is 1. The average molecular weight is 365 g/mol. The number of hydrogen-bond donors (Lipinski definition) is 2. The largest absolute Gasteiger partial charge is 0.465 e. The third-order valence-electron chi connectivity index (χ3n) is 4.17. The molecule has 1 atom stereocenters. The van der Waals surface area contributed by atoms with Crippen molar-refractivity contribution in [2.75, 3.05) is 11.6 Å². The Bertz CT molecular complexity index is 935. The summed E-state index contributed by atoms with van der Waals surface area (Å²) in [4.78, 5) is 13.0. The standard InChI is InChI=1S/C20H19N3O2S/c1-12-9-10-16(25-12)18-15(11-21)20(26-3)22-13(2)17(18)19(24)23-14-7-5-4-6-8-14/h4-10,18,22H,1-3H3,(H,23,24). The van der Waals surface area contributed by atoms with Crippen molar-refractivity contribution in [3.05, 3.63) is 75.9 Å². The first-order valence-corrected chi connectivity index (χ1v) is 9.36. The zero-order valence-electron chi connectivity index (χ0n) is 14.8. The summed E-state index contributed by atoms with van der Waals surface area (Å²) in [7, 11) is 0. The Morgan fingerprint density at radius 2 is 1.96 bits per heavy atom. The molecule has 132 valence electrons. The molecule has 1 aliphatic rings. The molecule has 0 saturated heterocycles. The molecule has 0 saturated carbocycles. The second-order valence-electron chi connectivity index (χ2n) is 5.92. The van der Waals surface area contributed by atoms with Gasteiger partial charge in [-0.1, -0.05) is 18.2 Å². The van der Waals surface area contributed by atoms with Gasteiger partial charge in [0.25, 0.3) is 5.91 Å². The van der Waals surface area contributed by atoms with Crippen molar-refractivity contribution < 1.29 is 9.21 Å². The summed E-state index contributed by atoms with van der Waals surface area (Å²) in [5, 5.41) is 16.6. The van der Waals surface area contributed by atoms with Gasteiger partial charge in [-0.25, -0.2) is 0 Å². The molecule has 0 aliphatic carbocycles. The molecule has 26 heavy (non-hydrogen) atoms. The Morgan fingerprint density at radius 3 is 2.54 bits per heavy atom. The number of carbonyl (C=O) groups is 1. The Hall–Kier alpha value is -2.91. The highest BCUT2D eigenvalue weighted by molar-refractivity contribution is 8.02. The lowest BCUT2D eigenvalue weighted by Gasteiger charge is -2.28. The molecular weight excluding hydrogens is 346 g/mol. The predicted octanol–water partition coefficient (Wildman–Crippen LogP) is 4.29. The third kappa shape index (κ3) is 3.39. The number of aryl methyl sites for hydroxylation is 1. The minimum absolute atomic E-state index is 0.256. The van der Waals surface area contributed by atoms with E-state index in [9.17, 15) is 10.1 Å². The van der Waals surface area contributed by atoms with Crippen LogP contribution in [0.15, 0.2) is 68.8 Å². The number of nitrogens with zero attached hydrogens (tertiary/aromatic N) is 1. The molecular formula is C20H19N3O2S. The van der Waals surface area contributed by atoms with E-state index < -0.39 is 5.92 Å². The summed E-state index contributed by atoms with van der Waals surface area (Å²) < 4.78 is 5.79. The smallest absolute Gasteiger partial charge is 0.254 e. The molecule has 5 nitrogen and oxygen atoms in total. The highest BCUT2D eigenvalue weighted by atomic mass is 32.2. The summed E-state index contributed by atoms with van der Waals surface area (Å²) >= 11 is 1.44. The number of anilines is 1. The van der Waals surface area contributed by atoms with Gasteiger partial charge in [0.15, 0.2) is 0 Å². The quantitative estimate of drug-likeness (QED) is 0.845. The number of allylic oxidation sites excluding steroid dienone is 2. The maximum Gasteiger partial charge on any atom is 0.254 e. The van der Waals surface area contributed by atoms with Gasteiger partial charge in [-0.3, -0.25) is 4.79 Å². The molecule has 2 heterocycles. The van der Waals surface area contributed by atoms with E-state index >= 15 is 0 Å². The van der Waals surface area contributed by atoms with E-state index in [1.165, 1.54) is 11.8 Å². The van der Waals surface area contributed by atoms with Crippen LogP contribution in [0.1, 0.15) is 24.4 Å². The van der Waals surface area contributed by atoms with Crippen LogP contribution in [-0.4, -0.2) is 12.2 Å². The molecule has 1 unspecified atom stereocenters. The van der Waals surface area contributed by atoms with Crippen molar-refractivity contribution in [2.24, 2.45) is 0 Å². The lowest BCUT2D eigenvalue weighted by atomic mass is 9.85. The molecule has 1 aliphatic heterocycles. The van der Waals surface area contributed by atoms with Crippen LogP contribution in [0.25, 0.3) is 0 Å². The first-order chi connectivity index (χ1) is 12.5. The summed E-state index contributed by atoms with van der Waals surface area (Å²) in [6.45, 7) is 3.68. The van der Waals surface area contributed by atoms with Crippen molar-refractivity contribution in [1.29, 1.82) is 5.26 Å². The molecule has 2 N–H and O–H groups in total. The Kier molecular flexibility index (Phi) is 5.19. The van der Waals surface area contributed by atoms with Gasteiger partial charge < -0.3 is 15.1 Å². The number of thioether (sulfide) groups is 1. The highest BCUT2D eigenvalue weighted by Gasteiger charge is 2.36. The van der Waals surface area contributed by atoms with Crippen molar-refractivity contribution in [3.8, 4) is 6.07 Å². The first-order valence-electron chi connectivity index (χ1n) is 8.14. The molecule has 1 amide bonds. The van der Waals surface area contributed by atoms with Gasteiger partial charge in [-0.05, 0) is 44.4 Å². The summed E-state index contributed by atoms with van der Waals surface area (Å²) in [6.07, 6.45) is 1.90. The van der Waals surface area contributed by atoms with E-state index in [4.69, 9.17) is 4.42 Å². The predicted molar refractivity (Wildman–Crippen MR) is 103 cm³/mol. The van der Waals surface area contributed by atoms with Crippen LogP contribution in [0.4, 0.5) is 5.69 Å². The van der Waals surface area contributed by atoms with Crippen LogP contribution in [-0.2, 0) is 4.79 Å². The zero-order valence-corrected chi connectivity index (χ0v) is 15.6. The summed E-state index contributed by atoms with van der Waals surface area (Å²) in [5.41, 5.74) is 2.37. The molecule has 1 aromatic heterocycles. The number of benzene rings is 1. The lowest BCUT2D eigenvalue weighted by molar-refractivity contribution is -0.113. The number of hydrogen-bond acceptors (Lipinski definition) is 5. The third-order valence-corrected chi connectivity index (χ3v) is 4.90. The van der Waals surface area contributed by atoms with Gasteiger partial charge in [-0.15, -0.1) is 11.8 Å². The van der Waals surface area contributed by atoms with Crippen LogP contribution in [0.5, 0.6) is 0 Å². The molecule has 3 rings (SSSR count). The lowest BCUT2D eigenvalue weighted by Crippen LogP contribution is -2.30. The maximum absolute atomic E-state index is 13.0. The van der Waals surface area contributed by atoms with Gasteiger partial charge in [0, 0.05) is 11.4 Å². The van der Waals surface area contributed by atoms with E-state index in [2.05, 4.69) is 16.7 Å². The SMILES string of the molecule is CSC1=C(C#N)C(c2ccc(C)o2)C(C(=O)Nc2ccccc2)=C(C)N1. The van der Waals surface area contributed by atoms with E-state index in [0.29, 0.717) is 28.3 Å². The van der Waals surface area contributed by atoms with Crippen LogP contribution in [0.2, 0.25) is 0 Å². The van der Waals surface area contributed by atoms with Crippen molar-refractivity contribution in [2.45, 2.75) is 19.8 Å². The Labute approximate surface area is 156 Å². The number of furan rings is 1. The molecule has 0 spiro atoms. The van der Waals surface area contributed by atoms with Gasteiger partial charge in [0.2, 0.25) is 0 Å². The summed E-state index contributed by atoms with van der Waals surface area (Å²) in [6, 6.07) is 15.2. The monoisotopic (exact) mass is 365 g/mol. The van der Waals surface area contributed by atoms with Crippen molar-refractivity contribution >= 4 is 23.4 Å². The van der Waals surface area contributed by atoms with Crippen molar-refractivity contribution in [3.63, 3.8) is 0 Å². The number of dihydropyridines is 1. The number of para-hydroxylation sites is 1. The second kappa shape index (κ2) is 7.54. The topological polar surface area (TPSA) is 78.1 Å². The van der Waals surface area contributed by atoms with Gasteiger partial charge in [0.05, 0.1) is 28.2 Å². The summed E-state index contributed by atoms with van der Waals surface area (Å²) in [5.74, 6) is 0.529. The van der Waals surface area contributed by atoms with E-state index in [1.54, 1.807) is 0 Å². The number of carbonyl (C=O) groups excluding carboxylic acids is 1. The minimum Gasteiger partial charge on any atom is -0.465 e. The van der Waals surface area contributed by atoms with Crippen LogP contribution < -0.4 is 10.6 Å². The zero-order chi connectivity index (χ0) is 18.7.